The molecule has 6 nitrogen and oxygen atoms in total. The topological polar surface area (TPSA) is 104 Å². The van der Waals surface area contributed by atoms with Crippen LogP contribution in [0.25, 0.3) is 0 Å². The fourth-order valence-corrected chi connectivity index (χ4v) is 1.66. The van der Waals surface area contributed by atoms with Crippen molar-refractivity contribution in [1.29, 1.82) is 0 Å². The molecule has 0 aromatic rings. The van der Waals surface area contributed by atoms with Gasteiger partial charge in [0.1, 0.15) is 0 Å². The van der Waals surface area contributed by atoms with E-state index in [0.717, 1.165) is 25.0 Å². The van der Waals surface area contributed by atoms with E-state index < -0.39 is 5.97 Å². The molecule has 7 heteroatoms. The monoisotopic (exact) mass is 263 g/mol. The Kier molecular flexibility index (Phi) is 9.89. The maximum absolute atomic E-state index is 11.3. The Hall–Kier alpha value is -0.790. The maximum Gasteiger partial charge on any atom is 0.303 e. The van der Waals surface area contributed by atoms with Gasteiger partial charge in [-0.05, 0) is 32.7 Å². The van der Waals surface area contributed by atoms with E-state index in [1.165, 1.54) is 0 Å². The van der Waals surface area contributed by atoms with Crippen molar-refractivity contribution in [3.63, 3.8) is 0 Å². The van der Waals surface area contributed by atoms with Crippen molar-refractivity contribution in [2.75, 3.05) is 6.54 Å². The van der Waals surface area contributed by atoms with Gasteiger partial charge in [0.25, 0.3) is 0 Å². The second-order valence-corrected chi connectivity index (χ2v) is 4.47. The largest absolute Gasteiger partial charge is 0.481 e. The highest BCUT2D eigenvalue weighted by atomic mass is 32.2. The molecule has 0 rings (SSSR count). The highest BCUT2D eigenvalue weighted by Crippen LogP contribution is 2.01. The number of hydrogen-bond donors (Lipinski definition) is 4. The van der Waals surface area contributed by atoms with Crippen LogP contribution >= 0.6 is 12.1 Å². The van der Waals surface area contributed by atoms with Crippen LogP contribution in [0.1, 0.15) is 39.0 Å². The summed E-state index contributed by atoms with van der Waals surface area (Å²) in [5, 5.41) is 8.48. The molecule has 1 unspecified atom stereocenters. The van der Waals surface area contributed by atoms with Gasteiger partial charge < -0.3 is 10.8 Å². The van der Waals surface area contributed by atoms with Crippen molar-refractivity contribution in [2.45, 2.75) is 45.1 Å². The third-order valence-electron chi connectivity index (χ3n) is 2.07. The fourth-order valence-electron chi connectivity index (χ4n) is 1.07. The average Bonchev–Trinajstić information content (AvgIpc) is 2.27. The molecule has 0 saturated carbocycles. The van der Waals surface area contributed by atoms with Crippen molar-refractivity contribution in [3.05, 3.63) is 0 Å². The van der Waals surface area contributed by atoms with Crippen molar-refractivity contribution >= 4 is 24.0 Å². The lowest BCUT2D eigenvalue weighted by molar-refractivity contribution is -0.137. The molecule has 100 valence electrons. The van der Waals surface area contributed by atoms with Gasteiger partial charge in [-0.15, -0.1) is 0 Å². The number of unbranched alkanes of at least 4 members (excludes halogenated alkanes) is 1. The zero-order chi connectivity index (χ0) is 13.1. The summed E-state index contributed by atoms with van der Waals surface area (Å²) in [7, 11) is 0. The number of aliphatic carboxylic acids is 1. The van der Waals surface area contributed by atoms with Crippen LogP contribution in [-0.4, -0.2) is 29.6 Å². The Labute approximate surface area is 106 Å². The molecule has 5 N–H and O–H groups in total. The Balaban J connectivity index is 3.42. The second-order valence-electron chi connectivity index (χ2n) is 3.82. The molecular weight excluding hydrogens is 242 g/mol. The number of rotatable bonds is 10. The van der Waals surface area contributed by atoms with Crippen molar-refractivity contribution < 1.29 is 14.7 Å². The summed E-state index contributed by atoms with van der Waals surface area (Å²) in [6.07, 6.45) is 2.76. The molecule has 17 heavy (non-hydrogen) atoms. The van der Waals surface area contributed by atoms with E-state index in [9.17, 15) is 9.59 Å². The van der Waals surface area contributed by atoms with Gasteiger partial charge in [0.15, 0.2) is 0 Å². The highest BCUT2D eigenvalue weighted by molar-refractivity contribution is 7.96. The van der Waals surface area contributed by atoms with Crippen LogP contribution < -0.4 is 15.2 Å². The van der Waals surface area contributed by atoms with Crippen LogP contribution in [0.3, 0.4) is 0 Å². The summed E-state index contributed by atoms with van der Waals surface area (Å²) < 4.78 is 5.59. The van der Waals surface area contributed by atoms with E-state index in [1.54, 1.807) is 0 Å². The predicted molar refractivity (Wildman–Crippen MR) is 68.1 cm³/mol. The first-order valence-corrected chi connectivity index (χ1v) is 6.50. The zero-order valence-electron chi connectivity index (χ0n) is 10.1. The summed E-state index contributed by atoms with van der Waals surface area (Å²) >= 11 is 1.11. The molecule has 0 aromatic heterocycles. The van der Waals surface area contributed by atoms with Crippen LogP contribution in [0, 0.1) is 0 Å². The number of nitrogens with two attached hydrogens (primary N) is 1. The number of carboxylic acid groups (broad SMARTS) is 1. The van der Waals surface area contributed by atoms with Gasteiger partial charge in [-0.3, -0.25) is 14.3 Å². The van der Waals surface area contributed by atoms with Crippen LogP contribution in [0.15, 0.2) is 0 Å². The lowest BCUT2D eigenvalue weighted by Gasteiger charge is -2.11. The molecule has 0 aliphatic heterocycles. The summed E-state index contributed by atoms with van der Waals surface area (Å²) in [5.41, 5.74) is 5.32. The number of carbonyl (C=O) groups is 2. The smallest absolute Gasteiger partial charge is 0.303 e. The van der Waals surface area contributed by atoms with E-state index in [-0.39, 0.29) is 18.4 Å². The molecular formula is C10H21N3O3S. The Morgan fingerprint density at radius 3 is 2.65 bits per heavy atom. The minimum Gasteiger partial charge on any atom is -0.481 e. The number of nitrogens with one attached hydrogen (secondary N) is 2. The third kappa shape index (κ3) is 11.5. The van der Waals surface area contributed by atoms with Gasteiger partial charge in [0, 0.05) is 31.0 Å². The van der Waals surface area contributed by atoms with Crippen molar-refractivity contribution in [2.24, 2.45) is 5.73 Å². The summed E-state index contributed by atoms with van der Waals surface area (Å²) in [6, 6.07) is 0.0421. The summed E-state index contributed by atoms with van der Waals surface area (Å²) in [5.74, 6) is -0.851. The number of carbonyl (C=O) groups excluding carboxylic acids is 1. The van der Waals surface area contributed by atoms with Gasteiger partial charge in [-0.25, -0.2) is 4.72 Å². The Morgan fingerprint density at radius 2 is 2.06 bits per heavy atom. The first-order valence-electron chi connectivity index (χ1n) is 5.68. The minimum absolute atomic E-state index is 0.0404. The molecule has 0 radical (unpaired) electrons. The van der Waals surface area contributed by atoms with Gasteiger partial charge >= 0.3 is 5.97 Å². The van der Waals surface area contributed by atoms with Gasteiger partial charge in [-0.1, -0.05) is 0 Å². The van der Waals surface area contributed by atoms with Gasteiger partial charge in [0.05, 0.1) is 0 Å². The molecule has 0 saturated heterocycles. The molecule has 0 aliphatic rings. The molecule has 1 atom stereocenters. The Bertz CT molecular complexity index is 239. The quantitative estimate of drug-likeness (QED) is 0.340. The summed E-state index contributed by atoms with van der Waals surface area (Å²) in [4.78, 5) is 21.6. The van der Waals surface area contributed by atoms with Crippen LogP contribution in [0.4, 0.5) is 0 Å². The van der Waals surface area contributed by atoms with E-state index >= 15 is 0 Å². The normalized spacial score (nSPS) is 12.1. The third-order valence-corrected chi connectivity index (χ3v) is 2.92. The number of hydrogen-bond acceptors (Lipinski definition) is 5. The van der Waals surface area contributed by atoms with E-state index in [2.05, 4.69) is 9.44 Å². The van der Waals surface area contributed by atoms with Crippen molar-refractivity contribution in [3.8, 4) is 0 Å². The molecule has 0 aliphatic carbocycles. The summed E-state index contributed by atoms with van der Waals surface area (Å²) in [6.45, 7) is 2.47. The lowest BCUT2D eigenvalue weighted by atomic mass is 10.2. The number of amides is 1. The SMILES string of the molecule is CC(CCC(=O)O)NSNC(=O)CCCCN. The first-order chi connectivity index (χ1) is 8.06. The zero-order valence-corrected chi connectivity index (χ0v) is 10.9. The second kappa shape index (κ2) is 10.4. The predicted octanol–water partition coefficient (Wildman–Crippen LogP) is 0.638. The van der Waals surface area contributed by atoms with Crippen LogP contribution in [-0.2, 0) is 9.59 Å². The minimum atomic E-state index is -0.811. The molecule has 0 bridgehead atoms. The molecule has 0 aromatic carbocycles. The molecule has 1 amide bonds. The van der Waals surface area contributed by atoms with E-state index in [1.807, 2.05) is 6.92 Å². The van der Waals surface area contributed by atoms with Gasteiger partial charge in [-0.2, -0.15) is 0 Å². The fraction of sp³-hybridized carbons (Fsp3) is 0.800. The van der Waals surface area contributed by atoms with Crippen LogP contribution in [0.2, 0.25) is 0 Å². The van der Waals surface area contributed by atoms with Gasteiger partial charge in [0.2, 0.25) is 5.91 Å². The molecule has 0 spiro atoms. The number of carboxylic acids is 1. The lowest BCUT2D eigenvalue weighted by Crippen LogP contribution is -2.27. The first kappa shape index (κ1) is 16.2. The maximum atomic E-state index is 11.3. The Morgan fingerprint density at radius 1 is 1.35 bits per heavy atom. The standard InChI is InChI=1S/C10H21N3O3S/c1-8(5-6-10(15)16)12-17-13-9(14)4-2-3-7-11/h8,12H,2-7,11H2,1H3,(H,13,14)(H,15,16). The molecule has 0 heterocycles. The van der Waals surface area contributed by atoms with E-state index in [4.69, 9.17) is 10.8 Å². The van der Waals surface area contributed by atoms with Crippen molar-refractivity contribution in [1.82, 2.24) is 9.44 Å². The average molecular weight is 263 g/mol. The van der Waals surface area contributed by atoms with Crippen LogP contribution in [0.5, 0.6) is 0 Å². The highest BCUT2D eigenvalue weighted by Gasteiger charge is 2.06. The molecule has 0 fully saturated rings. The van der Waals surface area contributed by atoms with E-state index in [0.29, 0.717) is 19.4 Å².